The lowest BCUT2D eigenvalue weighted by molar-refractivity contribution is 0.769. The summed E-state index contributed by atoms with van der Waals surface area (Å²) in [7, 11) is 0. The summed E-state index contributed by atoms with van der Waals surface area (Å²) in [5.41, 5.74) is 11.2. The first-order chi connectivity index (χ1) is 7.97. The van der Waals surface area contributed by atoms with E-state index >= 15 is 0 Å². The van der Waals surface area contributed by atoms with Gasteiger partial charge in [-0.2, -0.15) is 5.10 Å². The summed E-state index contributed by atoms with van der Waals surface area (Å²) in [5, 5.41) is 4.55. The number of aromatic nitrogens is 2. The summed E-state index contributed by atoms with van der Waals surface area (Å²) >= 11 is 0. The van der Waals surface area contributed by atoms with Crippen LogP contribution in [0.25, 0.3) is 5.69 Å². The zero-order valence-electron chi connectivity index (χ0n) is 10.9. The maximum atomic E-state index is 5.97. The van der Waals surface area contributed by atoms with Gasteiger partial charge in [0.15, 0.2) is 0 Å². The molecule has 90 valence electrons. The third-order valence-corrected chi connectivity index (χ3v) is 2.79. The number of hydrogen-bond donors (Lipinski definition) is 1. The number of benzene rings is 1. The van der Waals surface area contributed by atoms with E-state index in [9.17, 15) is 0 Å². The molecule has 0 unspecified atom stereocenters. The molecule has 0 saturated heterocycles. The number of anilines is 1. The monoisotopic (exact) mass is 229 g/mol. The molecular weight excluding hydrogens is 210 g/mol. The van der Waals surface area contributed by atoms with Gasteiger partial charge in [0.1, 0.15) is 0 Å². The van der Waals surface area contributed by atoms with Crippen LogP contribution in [-0.2, 0) is 0 Å². The van der Waals surface area contributed by atoms with Crippen LogP contribution in [0.1, 0.15) is 36.6 Å². The highest BCUT2D eigenvalue weighted by Crippen LogP contribution is 2.22. The van der Waals surface area contributed by atoms with Crippen molar-refractivity contribution in [2.75, 3.05) is 5.73 Å². The highest BCUT2D eigenvalue weighted by Gasteiger charge is 2.10. The van der Waals surface area contributed by atoms with Gasteiger partial charge >= 0.3 is 0 Å². The number of nitrogens with two attached hydrogens (primary N) is 1. The van der Waals surface area contributed by atoms with E-state index in [0.717, 1.165) is 17.1 Å². The predicted octanol–water partition coefficient (Wildman–Crippen LogP) is 3.19. The molecule has 0 fully saturated rings. The van der Waals surface area contributed by atoms with E-state index in [0.29, 0.717) is 5.92 Å². The predicted molar refractivity (Wildman–Crippen MR) is 71.5 cm³/mol. The van der Waals surface area contributed by atoms with Crippen molar-refractivity contribution in [2.45, 2.75) is 33.6 Å². The quantitative estimate of drug-likeness (QED) is 0.859. The summed E-state index contributed by atoms with van der Waals surface area (Å²) in [6.45, 7) is 8.38. The molecule has 0 spiro atoms. The lowest BCUT2D eigenvalue weighted by Gasteiger charge is -2.05. The molecule has 0 saturated carbocycles. The van der Waals surface area contributed by atoms with Gasteiger partial charge in [0, 0.05) is 0 Å². The molecule has 0 aliphatic heterocycles. The van der Waals surface area contributed by atoms with Crippen LogP contribution in [0.15, 0.2) is 24.4 Å². The van der Waals surface area contributed by atoms with Crippen LogP contribution < -0.4 is 5.73 Å². The lowest BCUT2D eigenvalue weighted by atomic mass is 10.1. The van der Waals surface area contributed by atoms with Crippen LogP contribution in [0.3, 0.4) is 0 Å². The second kappa shape index (κ2) is 4.24. The molecule has 0 aliphatic rings. The summed E-state index contributed by atoms with van der Waals surface area (Å²) in [5.74, 6) is 0.349. The van der Waals surface area contributed by atoms with Crippen molar-refractivity contribution in [3.63, 3.8) is 0 Å². The average Bonchev–Trinajstić information content (AvgIpc) is 2.59. The molecule has 0 aliphatic carbocycles. The van der Waals surface area contributed by atoms with Crippen molar-refractivity contribution in [1.82, 2.24) is 9.78 Å². The molecule has 0 bridgehead atoms. The molecule has 17 heavy (non-hydrogen) atoms. The molecule has 2 rings (SSSR count). The third-order valence-electron chi connectivity index (χ3n) is 2.79. The van der Waals surface area contributed by atoms with Crippen molar-refractivity contribution < 1.29 is 0 Å². The van der Waals surface area contributed by atoms with Crippen molar-refractivity contribution in [1.29, 1.82) is 0 Å². The first-order valence-corrected chi connectivity index (χ1v) is 5.91. The fourth-order valence-corrected chi connectivity index (χ4v) is 2.06. The van der Waals surface area contributed by atoms with E-state index in [-0.39, 0.29) is 0 Å². The molecule has 0 atom stereocenters. The van der Waals surface area contributed by atoms with Crippen molar-refractivity contribution in [2.24, 2.45) is 0 Å². The summed E-state index contributed by atoms with van der Waals surface area (Å²) < 4.78 is 1.87. The minimum atomic E-state index is 0.349. The fourth-order valence-electron chi connectivity index (χ4n) is 2.06. The fraction of sp³-hybridized carbons (Fsp3) is 0.357. The summed E-state index contributed by atoms with van der Waals surface area (Å²) in [6.07, 6.45) is 1.89. The van der Waals surface area contributed by atoms with Crippen molar-refractivity contribution in [3.05, 3.63) is 41.2 Å². The van der Waals surface area contributed by atoms with E-state index in [4.69, 9.17) is 5.73 Å². The van der Waals surface area contributed by atoms with Crippen LogP contribution in [0.5, 0.6) is 0 Å². The molecule has 2 N–H and O–H groups in total. The largest absolute Gasteiger partial charge is 0.396 e. The van der Waals surface area contributed by atoms with E-state index in [1.165, 1.54) is 11.1 Å². The van der Waals surface area contributed by atoms with Gasteiger partial charge in [0.25, 0.3) is 0 Å². The second-order valence-corrected chi connectivity index (χ2v) is 4.91. The number of hydrogen-bond acceptors (Lipinski definition) is 2. The van der Waals surface area contributed by atoms with E-state index < -0.39 is 0 Å². The second-order valence-electron chi connectivity index (χ2n) is 4.91. The molecule has 1 aromatic heterocycles. The van der Waals surface area contributed by atoms with Gasteiger partial charge in [-0.1, -0.05) is 19.9 Å². The van der Waals surface area contributed by atoms with Gasteiger partial charge in [-0.15, -0.1) is 0 Å². The molecule has 2 aromatic rings. The number of nitrogens with zero attached hydrogens (tertiary/aromatic N) is 2. The van der Waals surface area contributed by atoms with Crippen LogP contribution in [-0.4, -0.2) is 9.78 Å². The van der Waals surface area contributed by atoms with Crippen molar-refractivity contribution in [3.8, 4) is 5.69 Å². The van der Waals surface area contributed by atoms with Gasteiger partial charge in [-0.05, 0) is 43.0 Å². The zero-order valence-corrected chi connectivity index (χ0v) is 10.9. The smallest absolute Gasteiger partial charge is 0.0883 e. The first-order valence-electron chi connectivity index (χ1n) is 5.91. The van der Waals surface area contributed by atoms with Gasteiger partial charge < -0.3 is 5.73 Å². The topological polar surface area (TPSA) is 43.8 Å². The maximum Gasteiger partial charge on any atom is 0.0883 e. The molecular formula is C14H19N3. The Morgan fingerprint density at radius 3 is 2.18 bits per heavy atom. The Kier molecular flexibility index (Phi) is 2.92. The standard InChI is InChI=1S/C14H19N3/c1-9(2)14-13(15)8-17(16-14)12-6-10(3)5-11(4)7-12/h5-9H,15H2,1-4H3. The van der Waals surface area contributed by atoms with Gasteiger partial charge in [0.05, 0.1) is 23.3 Å². The Labute approximate surface area is 102 Å². The Hall–Kier alpha value is -1.77. The van der Waals surface area contributed by atoms with Crippen LogP contribution in [0, 0.1) is 13.8 Å². The molecule has 1 aromatic carbocycles. The normalized spacial score (nSPS) is 11.1. The highest BCUT2D eigenvalue weighted by molar-refractivity contribution is 5.47. The number of aryl methyl sites for hydroxylation is 2. The molecule has 0 amide bonds. The SMILES string of the molecule is Cc1cc(C)cc(-n2cc(N)c(C(C)C)n2)c1. The Morgan fingerprint density at radius 2 is 1.71 bits per heavy atom. The highest BCUT2D eigenvalue weighted by atomic mass is 15.3. The number of nitrogen functional groups attached to an aromatic ring is 1. The number of rotatable bonds is 2. The van der Waals surface area contributed by atoms with E-state index in [1.807, 2.05) is 10.9 Å². The Bertz CT molecular complexity index is 518. The third kappa shape index (κ3) is 2.33. The summed E-state index contributed by atoms with van der Waals surface area (Å²) in [6, 6.07) is 6.38. The first kappa shape index (κ1) is 11.7. The molecule has 3 heteroatoms. The van der Waals surface area contributed by atoms with Gasteiger partial charge in [0.2, 0.25) is 0 Å². The Morgan fingerprint density at radius 1 is 1.12 bits per heavy atom. The lowest BCUT2D eigenvalue weighted by Crippen LogP contribution is -1.98. The molecule has 0 radical (unpaired) electrons. The molecule has 1 heterocycles. The average molecular weight is 229 g/mol. The minimum absolute atomic E-state index is 0.349. The van der Waals surface area contributed by atoms with Crippen LogP contribution in [0.2, 0.25) is 0 Å². The minimum Gasteiger partial charge on any atom is -0.396 e. The molecule has 3 nitrogen and oxygen atoms in total. The zero-order chi connectivity index (χ0) is 12.6. The maximum absolute atomic E-state index is 5.97. The van der Waals surface area contributed by atoms with E-state index in [2.05, 4.69) is 51.0 Å². The van der Waals surface area contributed by atoms with Crippen LogP contribution >= 0.6 is 0 Å². The van der Waals surface area contributed by atoms with E-state index in [1.54, 1.807) is 0 Å². The Balaban J connectivity index is 2.49. The summed E-state index contributed by atoms with van der Waals surface area (Å²) in [4.78, 5) is 0. The van der Waals surface area contributed by atoms with Gasteiger partial charge in [-0.3, -0.25) is 0 Å². The van der Waals surface area contributed by atoms with Gasteiger partial charge in [-0.25, -0.2) is 4.68 Å². The van der Waals surface area contributed by atoms with Crippen molar-refractivity contribution >= 4 is 5.69 Å². The van der Waals surface area contributed by atoms with Crippen LogP contribution in [0.4, 0.5) is 5.69 Å².